The highest BCUT2D eigenvalue weighted by molar-refractivity contribution is 7.19. The molecule has 1 aromatic rings. The molecule has 3 N–H and O–H groups in total. The summed E-state index contributed by atoms with van der Waals surface area (Å²) in [5.41, 5.74) is 6.20. The lowest BCUT2D eigenvalue weighted by Gasteiger charge is -2.27. The maximum Gasteiger partial charge on any atom is 0.350 e. The van der Waals surface area contributed by atoms with Crippen LogP contribution in [0.25, 0.3) is 0 Å². The van der Waals surface area contributed by atoms with E-state index in [1.807, 2.05) is 0 Å². The minimum Gasteiger partial charge on any atom is -0.465 e. The fraction of sp³-hybridized carbons (Fsp3) is 0.500. The van der Waals surface area contributed by atoms with Crippen molar-refractivity contribution < 1.29 is 19.1 Å². The predicted octanol–water partition coefficient (Wildman–Crippen LogP) is 1.87. The van der Waals surface area contributed by atoms with Gasteiger partial charge in [-0.2, -0.15) is 0 Å². The van der Waals surface area contributed by atoms with E-state index >= 15 is 0 Å². The molecule has 0 atom stereocenters. The number of anilines is 2. The average Bonchev–Trinajstić information content (AvgIpc) is 2.69. The summed E-state index contributed by atoms with van der Waals surface area (Å²) in [5.74, 6) is -1.10. The predicted molar refractivity (Wildman–Crippen MR) is 72.7 cm³/mol. The smallest absolute Gasteiger partial charge is 0.350 e. The maximum absolute atomic E-state index is 11.8. The molecule has 1 heterocycles. The van der Waals surface area contributed by atoms with Gasteiger partial charge in [0.15, 0.2) is 0 Å². The highest BCUT2D eigenvalue weighted by Gasteiger charge is 2.29. The van der Waals surface area contributed by atoms with Crippen molar-refractivity contribution in [2.75, 3.05) is 25.3 Å². The molecule has 0 bridgehead atoms. The van der Waals surface area contributed by atoms with Crippen LogP contribution in [0.15, 0.2) is 0 Å². The lowest BCUT2D eigenvalue weighted by molar-refractivity contribution is 0.0602. The van der Waals surface area contributed by atoms with E-state index in [-0.39, 0.29) is 16.1 Å². The van der Waals surface area contributed by atoms with Crippen LogP contribution in [0.3, 0.4) is 0 Å². The van der Waals surface area contributed by atoms with Gasteiger partial charge in [-0.15, -0.1) is 11.3 Å². The van der Waals surface area contributed by atoms with Crippen LogP contribution in [-0.2, 0) is 9.47 Å². The Hall–Kier alpha value is -1.76. The largest absolute Gasteiger partial charge is 0.465 e. The summed E-state index contributed by atoms with van der Waals surface area (Å²) in [6.07, 6.45) is 3.26. The fourth-order valence-electron chi connectivity index (χ4n) is 1.83. The molecule has 104 valence electrons. The monoisotopic (exact) mass is 284 g/mol. The third-order valence-corrected chi connectivity index (χ3v) is 4.26. The number of ether oxygens (including phenoxy) is 2. The summed E-state index contributed by atoms with van der Waals surface area (Å²) in [6.45, 7) is 0. The Kier molecular flexibility index (Phi) is 3.94. The van der Waals surface area contributed by atoms with Gasteiger partial charge in [0, 0.05) is 6.04 Å². The van der Waals surface area contributed by atoms with Crippen molar-refractivity contribution in [1.82, 2.24) is 0 Å². The maximum atomic E-state index is 11.8. The van der Waals surface area contributed by atoms with Crippen LogP contribution >= 0.6 is 11.3 Å². The number of nitrogens with two attached hydrogens (primary N) is 1. The molecule has 0 aliphatic heterocycles. The molecule has 0 saturated heterocycles. The zero-order valence-corrected chi connectivity index (χ0v) is 11.6. The molecule has 1 aromatic heterocycles. The number of carbonyl (C=O) groups is 2. The molecular formula is C12H16N2O4S. The van der Waals surface area contributed by atoms with Crippen molar-refractivity contribution in [2.24, 2.45) is 0 Å². The van der Waals surface area contributed by atoms with Gasteiger partial charge in [-0.05, 0) is 19.3 Å². The molecular weight excluding hydrogens is 268 g/mol. The van der Waals surface area contributed by atoms with E-state index in [2.05, 4.69) is 10.1 Å². The van der Waals surface area contributed by atoms with Crippen LogP contribution in [0.5, 0.6) is 0 Å². The Bertz CT molecular complexity index is 508. The number of hydrogen-bond acceptors (Lipinski definition) is 7. The van der Waals surface area contributed by atoms with Crippen LogP contribution in [-0.4, -0.2) is 32.2 Å². The van der Waals surface area contributed by atoms with Crippen molar-refractivity contribution in [3.05, 3.63) is 10.4 Å². The Balaban J connectivity index is 2.37. The number of carbonyl (C=O) groups excluding carboxylic acids is 2. The first kappa shape index (κ1) is 13.7. The number of nitrogen functional groups attached to an aromatic ring is 1. The first-order valence-electron chi connectivity index (χ1n) is 5.94. The summed E-state index contributed by atoms with van der Waals surface area (Å²) in [7, 11) is 2.56. The van der Waals surface area contributed by atoms with E-state index in [0.717, 1.165) is 30.6 Å². The van der Waals surface area contributed by atoms with E-state index in [1.54, 1.807) is 0 Å². The van der Waals surface area contributed by atoms with Crippen LogP contribution in [0.4, 0.5) is 10.7 Å². The van der Waals surface area contributed by atoms with Crippen molar-refractivity contribution in [3.63, 3.8) is 0 Å². The Morgan fingerprint density at radius 1 is 1.26 bits per heavy atom. The lowest BCUT2D eigenvalue weighted by atomic mass is 9.93. The summed E-state index contributed by atoms with van der Waals surface area (Å²) in [6, 6.07) is 0.326. The van der Waals surface area contributed by atoms with Crippen molar-refractivity contribution in [1.29, 1.82) is 0 Å². The van der Waals surface area contributed by atoms with Crippen molar-refractivity contribution in [2.45, 2.75) is 25.3 Å². The summed E-state index contributed by atoms with van der Waals surface area (Å²) in [4.78, 5) is 23.6. The van der Waals surface area contributed by atoms with E-state index in [4.69, 9.17) is 10.5 Å². The van der Waals surface area contributed by atoms with E-state index in [0.29, 0.717) is 11.0 Å². The molecule has 6 nitrogen and oxygen atoms in total. The highest BCUT2D eigenvalue weighted by atomic mass is 32.1. The van der Waals surface area contributed by atoms with Gasteiger partial charge in [-0.1, -0.05) is 0 Å². The van der Waals surface area contributed by atoms with E-state index < -0.39 is 11.9 Å². The van der Waals surface area contributed by atoms with Gasteiger partial charge >= 0.3 is 11.9 Å². The van der Waals surface area contributed by atoms with Crippen molar-refractivity contribution in [3.8, 4) is 0 Å². The summed E-state index contributed by atoms with van der Waals surface area (Å²) < 4.78 is 9.37. The van der Waals surface area contributed by atoms with E-state index in [1.165, 1.54) is 14.2 Å². The van der Waals surface area contributed by atoms with Crippen LogP contribution in [0.2, 0.25) is 0 Å². The Morgan fingerprint density at radius 2 is 1.89 bits per heavy atom. The molecule has 0 radical (unpaired) electrons. The number of rotatable bonds is 4. The normalized spacial score (nSPS) is 14.6. The second-order valence-electron chi connectivity index (χ2n) is 4.30. The molecule has 0 unspecified atom stereocenters. The Morgan fingerprint density at radius 3 is 2.37 bits per heavy atom. The zero-order chi connectivity index (χ0) is 14.0. The fourth-order valence-corrected chi connectivity index (χ4v) is 2.94. The van der Waals surface area contributed by atoms with Gasteiger partial charge in [0.25, 0.3) is 0 Å². The molecule has 2 rings (SSSR count). The summed E-state index contributed by atoms with van der Waals surface area (Å²) >= 11 is 1.13. The minimum atomic E-state index is -0.550. The SMILES string of the molecule is COC(=O)c1sc(NC2CCC2)c(C(=O)OC)c1N. The molecule has 1 fully saturated rings. The molecule has 0 amide bonds. The van der Waals surface area contributed by atoms with Gasteiger partial charge in [-0.25, -0.2) is 9.59 Å². The van der Waals surface area contributed by atoms with Crippen LogP contribution in [0.1, 0.15) is 39.3 Å². The van der Waals surface area contributed by atoms with Gasteiger partial charge < -0.3 is 20.5 Å². The molecule has 1 aliphatic carbocycles. The second-order valence-corrected chi connectivity index (χ2v) is 5.32. The van der Waals surface area contributed by atoms with Crippen LogP contribution in [0, 0.1) is 0 Å². The van der Waals surface area contributed by atoms with Gasteiger partial charge in [0.05, 0.1) is 19.9 Å². The van der Waals surface area contributed by atoms with Gasteiger partial charge in [-0.3, -0.25) is 0 Å². The van der Waals surface area contributed by atoms with Gasteiger partial charge in [0.2, 0.25) is 0 Å². The zero-order valence-electron chi connectivity index (χ0n) is 10.8. The number of methoxy groups -OCH3 is 2. The van der Waals surface area contributed by atoms with Crippen molar-refractivity contribution >= 4 is 34.0 Å². The quantitative estimate of drug-likeness (QED) is 0.820. The number of esters is 2. The minimum absolute atomic E-state index is 0.116. The highest BCUT2D eigenvalue weighted by Crippen LogP contribution is 2.38. The summed E-state index contributed by atoms with van der Waals surface area (Å²) in [5, 5.41) is 3.81. The standard InChI is InChI=1S/C12H16N2O4S/c1-17-11(15)7-8(13)9(12(16)18-2)19-10(7)14-6-4-3-5-6/h6,14H,3-5,13H2,1-2H3. The second kappa shape index (κ2) is 5.48. The number of nitrogens with one attached hydrogen (secondary N) is 1. The molecule has 19 heavy (non-hydrogen) atoms. The third-order valence-electron chi connectivity index (χ3n) is 3.15. The topological polar surface area (TPSA) is 90.6 Å². The molecule has 0 spiro atoms. The van der Waals surface area contributed by atoms with Crippen LogP contribution < -0.4 is 11.1 Å². The lowest BCUT2D eigenvalue weighted by Crippen LogP contribution is -2.27. The first-order chi connectivity index (χ1) is 9.08. The molecule has 7 heteroatoms. The molecule has 0 aromatic carbocycles. The molecule has 1 aliphatic rings. The van der Waals surface area contributed by atoms with E-state index in [9.17, 15) is 9.59 Å². The number of hydrogen-bond donors (Lipinski definition) is 2. The molecule has 1 saturated carbocycles. The van der Waals surface area contributed by atoms with Gasteiger partial charge in [0.1, 0.15) is 15.4 Å². The third kappa shape index (κ3) is 2.51. The Labute approximate surface area is 114 Å². The first-order valence-corrected chi connectivity index (χ1v) is 6.75. The number of thiophene rings is 1. The average molecular weight is 284 g/mol.